The third kappa shape index (κ3) is 7.13. The van der Waals surface area contributed by atoms with E-state index in [2.05, 4.69) is 22.2 Å². The highest BCUT2D eigenvalue weighted by atomic mass is 16.5. The number of carbonyl (C=O) groups excluding carboxylic acids is 2. The van der Waals surface area contributed by atoms with Crippen LogP contribution in [-0.2, 0) is 16.1 Å². The van der Waals surface area contributed by atoms with Crippen molar-refractivity contribution >= 4 is 28.9 Å². The van der Waals surface area contributed by atoms with Gasteiger partial charge in [-0.15, -0.1) is 0 Å². The lowest BCUT2D eigenvalue weighted by Gasteiger charge is -2.27. The first-order valence-electron chi connectivity index (χ1n) is 11.3. The van der Waals surface area contributed by atoms with E-state index in [9.17, 15) is 19.8 Å². The predicted octanol–water partition coefficient (Wildman–Crippen LogP) is 3.67. The Kier molecular flexibility index (Phi) is 8.71. The zero-order valence-corrected chi connectivity index (χ0v) is 19.9. The number of carbonyl (C=O) groups is 2. The van der Waals surface area contributed by atoms with E-state index >= 15 is 0 Å². The number of hydrogen-bond donors (Lipinski definition) is 5. The molecule has 3 rings (SSSR count). The summed E-state index contributed by atoms with van der Waals surface area (Å²) in [6.45, 7) is 6.69. The topological polar surface area (TPSA) is 150 Å². The molecule has 0 unspecified atom stereocenters. The Balaban J connectivity index is 1.70. The third-order valence-electron chi connectivity index (χ3n) is 5.18. The van der Waals surface area contributed by atoms with Gasteiger partial charge in [-0.05, 0) is 42.8 Å². The number of nitrogens with two attached hydrogens (primary N) is 1. The van der Waals surface area contributed by atoms with E-state index in [4.69, 9.17) is 10.5 Å². The lowest BCUT2D eigenvalue weighted by atomic mass is 10.2. The number of aromatic hydroxyl groups is 2. The lowest BCUT2D eigenvalue weighted by Crippen LogP contribution is -2.29. The molecular weight excluding hydrogens is 462 g/mol. The molecule has 1 amide bonds. The van der Waals surface area contributed by atoms with Crippen LogP contribution in [0.4, 0.5) is 17.1 Å². The molecule has 188 valence electrons. The Morgan fingerprint density at radius 2 is 1.86 bits per heavy atom. The van der Waals surface area contributed by atoms with Crippen LogP contribution in [0.5, 0.6) is 11.5 Å². The molecule has 10 heteroatoms. The zero-order valence-electron chi connectivity index (χ0n) is 19.9. The fourth-order valence-electron chi connectivity index (χ4n) is 3.29. The second kappa shape index (κ2) is 12.1. The number of anilines is 3. The summed E-state index contributed by atoms with van der Waals surface area (Å²) in [5.74, 6) is -0.804. The maximum atomic E-state index is 12.5. The molecule has 0 atom stereocenters. The van der Waals surface area contributed by atoms with Crippen molar-refractivity contribution in [3.05, 3.63) is 84.5 Å². The number of aromatic nitrogens is 1. The van der Waals surface area contributed by atoms with Crippen molar-refractivity contribution in [2.24, 2.45) is 0 Å². The van der Waals surface area contributed by atoms with Crippen LogP contribution in [0.25, 0.3) is 0 Å². The van der Waals surface area contributed by atoms with Crippen molar-refractivity contribution in [1.82, 2.24) is 9.88 Å². The summed E-state index contributed by atoms with van der Waals surface area (Å²) in [6, 6.07) is 14.6. The minimum absolute atomic E-state index is 0.127. The average Bonchev–Trinajstić information content (AvgIpc) is 2.86. The normalized spacial score (nSPS) is 10.4. The van der Waals surface area contributed by atoms with E-state index in [1.165, 1.54) is 12.1 Å². The van der Waals surface area contributed by atoms with E-state index in [1.807, 2.05) is 4.90 Å². The second-order valence-corrected chi connectivity index (χ2v) is 7.84. The van der Waals surface area contributed by atoms with Crippen LogP contribution in [0.15, 0.2) is 73.2 Å². The largest absolute Gasteiger partial charge is 0.504 e. The highest BCUT2D eigenvalue weighted by molar-refractivity contribution is 6.04. The smallest absolute Gasteiger partial charge is 0.307 e. The molecule has 1 heterocycles. The van der Waals surface area contributed by atoms with Crippen LogP contribution in [-0.4, -0.2) is 45.1 Å². The SMILES string of the molecule is C=C(Nc1ccc(O)c(O)c1)N(CCC(=O)OCC)Cc1ccc(C(=O)Nc2ccccc2N)nc1. The molecule has 0 bridgehead atoms. The van der Waals surface area contributed by atoms with Crippen LogP contribution >= 0.6 is 0 Å². The molecule has 0 spiro atoms. The Morgan fingerprint density at radius 3 is 2.53 bits per heavy atom. The molecule has 0 saturated heterocycles. The van der Waals surface area contributed by atoms with Gasteiger partial charge in [0.1, 0.15) is 5.69 Å². The van der Waals surface area contributed by atoms with Gasteiger partial charge in [0.2, 0.25) is 0 Å². The van der Waals surface area contributed by atoms with Gasteiger partial charge in [-0.2, -0.15) is 0 Å². The number of benzene rings is 2. The standard InChI is InChI=1S/C26H29N5O5/c1-3-36-25(34)12-13-31(17(2)29-19-9-11-23(32)24(33)14-19)16-18-8-10-22(28-15-18)26(35)30-21-7-5-4-6-20(21)27/h4-11,14-15,29,32-33H,2-3,12-13,16,27H2,1H3,(H,30,35). The molecule has 0 aliphatic heterocycles. The van der Waals surface area contributed by atoms with Crippen molar-refractivity contribution in [2.75, 3.05) is 29.5 Å². The molecule has 6 N–H and O–H groups in total. The Labute approximate surface area is 209 Å². The number of pyridine rings is 1. The van der Waals surface area contributed by atoms with Gasteiger partial charge < -0.3 is 36.2 Å². The van der Waals surface area contributed by atoms with Gasteiger partial charge >= 0.3 is 5.97 Å². The zero-order chi connectivity index (χ0) is 26.1. The number of esters is 1. The average molecular weight is 492 g/mol. The number of amides is 1. The number of para-hydroxylation sites is 2. The summed E-state index contributed by atoms with van der Waals surface area (Å²) in [5, 5.41) is 25.1. The van der Waals surface area contributed by atoms with Gasteiger partial charge in [-0.25, -0.2) is 0 Å². The maximum Gasteiger partial charge on any atom is 0.307 e. The molecule has 0 fully saturated rings. The molecule has 0 aliphatic rings. The van der Waals surface area contributed by atoms with Gasteiger partial charge in [0, 0.05) is 31.0 Å². The Bertz CT molecular complexity index is 1230. The van der Waals surface area contributed by atoms with E-state index in [0.717, 1.165) is 5.56 Å². The predicted molar refractivity (Wildman–Crippen MR) is 137 cm³/mol. The van der Waals surface area contributed by atoms with Crippen LogP contribution in [0.3, 0.4) is 0 Å². The minimum atomic E-state index is -0.392. The van der Waals surface area contributed by atoms with E-state index in [-0.39, 0.29) is 36.2 Å². The molecule has 0 aliphatic carbocycles. The highest BCUT2D eigenvalue weighted by Crippen LogP contribution is 2.28. The van der Waals surface area contributed by atoms with Gasteiger partial charge in [0.05, 0.1) is 30.2 Å². The Hall–Kier alpha value is -4.73. The third-order valence-corrected chi connectivity index (χ3v) is 5.18. The first kappa shape index (κ1) is 25.9. The molecule has 36 heavy (non-hydrogen) atoms. The number of phenols is 2. The summed E-state index contributed by atoms with van der Waals surface area (Å²) in [6.07, 6.45) is 1.70. The molecule has 0 saturated carbocycles. The van der Waals surface area contributed by atoms with Crippen LogP contribution in [0.2, 0.25) is 0 Å². The molecule has 10 nitrogen and oxygen atoms in total. The van der Waals surface area contributed by atoms with Crippen molar-refractivity contribution < 1.29 is 24.5 Å². The van der Waals surface area contributed by atoms with Gasteiger partial charge in [0.25, 0.3) is 5.91 Å². The van der Waals surface area contributed by atoms with Crippen LogP contribution < -0.4 is 16.4 Å². The maximum absolute atomic E-state index is 12.5. The molecule has 1 aromatic heterocycles. The number of nitrogens with one attached hydrogen (secondary N) is 2. The number of phenolic OH excluding ortho intramolecular Hbond substituents is 2. The number of hydrogen-bond acceptors (Lipinski definition) is 9. The fraction of sp³-hybridized carbons (Fsp3) is 0.192. The van der Waals surface area contributed by atoms with Crippen LogP contribution in [0, 0.1) is 0 Å². The Morgan fingerprint density at radius 1 is 1.08 bits per heavy atom. The minimum Gasteiger partial charge on any atom is -0.504 e. The highest BCUT2D eigenvalue weighted by Gasteiger charge is 2.15. The summed E-state index contributed by atoms with van der Waals surface area (Å²) in [7, 11) is 0. The molecule has 3 aromatic rings. The van der Waals surface area contributed by atoms with Gasteiger partial charge in [-0.3, -0.25) is 14.6 Å². The summed E-state index contributed by atoms with van der Waals surface area (Å²) in [4.78, 5) is 30.6. The molecule has 2 aromatic carbocycles. The summed E-state index contributed by atoms with van der Waals surface area (Å²) < 4.78 is 5.03. The van der Waals surface area contributed by atoms with Gasteiger partial charge in [0.15, 0.2) is 11.5 Å². The van der Waals surface area contributed by atoms with E-state index < -0.39 is 5.91 Å². The molecule has 0 radical (unpaired) electrons. The summed E-state index contributed by atoms with van der Waals surface area (Å²) >= 11 is 0. The van der Waals surface area contributed by atoms with Crippen molar-refractivity contribution in [3.63, 3.8) is 0 Å². The fourth-order valence-corrected chi connectivity index (χ4v) is 3.29. The van der Waals surface area contributed by atoms with Crippen molar-refractivity contribution in [1.29, 1.82) is 0 Å². The molecular formula is C26H29N5O5. The second-order valence-electron chi connectivity index (χ2n) is 7.84. The first-order chi connectivity index (χ1) is 17.3. The van der Waals surface area contributed by atoms with Crippen molar-refractivity contribution in [3.8, 4) is 11.5 Å². The first-order valence-corrected chi connectivity index (χ1v) is 11.3. The van der Waals surface area contributed by atoms with E-state index in [1.54, 1.807) is 55.6 Å². The monoisotopic (exact) mass is 491 g/mol. The lowest BCUT2D eigenvalue weighted by molar-refractivity contribution is -0.143. The number of nitrogens with zero attached hydrogens (tertiary/aromatic N) is 2. The van der Waals surface area contributed by atoms with Crippen LogP contribution in [0.1, 0.15) is 29.4 Å². The van der Waals surface area contributed by atoms with E-state index in [0.29, 0.717) is 36.0 Å². The van der Waals surface area contributed by atoms with Gasteiger partial charge in [-0.1, -0.05) is 24.8 Å². The van der Waals surface area contributed by atoms with Crippen molar-refractivity contribution in [2.45, 2.75) is 19.9 Å². The number of nitrogen functional groups attached to an aromatic ring is 1. The number of rotatable bonds is 11. The number of ether oxygens (including phenoxy) is 1. The quantitative estimate of drug-likeness (QED) is 0.117. The summed E-state index contributed by atoms with van der Waals surface area (Å²) in [5.41, 5.74) is 8.32.